The van der Waals surface area contributed by atoms with E-state index < -0.39 is 10.0 Å². The van der Waals surface area contributed by atoms with Crippen LogP contribution in [0.25, 0.3) is 0 Å². The van der Waals surface area contributed by atoms with E-state index in [0.29, 0.717) is 30.7 Å². The summed E-state index contributed by atoms with van der Waals surface area (Å²) in [6, 6.07) is 0. The minimum absolute atomic E-state index is 0.0598. The molecule has 0 aromatic carbocycles. The average molecular weight is 277 g/mol. The second kappa shape index (κ2) is 6.90. The predicted octanol–water partition coefficient (Wildman–Crippen LogP) is 3.27. The molecule has 18 heavy (non-hydrogen) atoms. The molecule has 0 bridgehead atoms. The lowest BCUT2D eigenvalue weighted by Gasteiger charge is -2.25. The standard InChI is InChI=1S/C14H31NO2S/c1-11(2)13(12(3)4)10-15-18(16,17)9-8-14(5,6)7/h11-13,15H,8-10H2,1-7H3. The van der Waals surface area contributed by atoms with E-state index in [4.69, 9.17) is 0 Å². The Balaban J connectivity index is 4.34. The van der Waals surface area contributed by atoms with Crippen molar-refractivity contribution >= 4 is 10.0 Å². The summed E-state index contributed by atoms with van der Waals surface area (Å²) in [7, 11) is -3.13. The summed E-state index contributed by atoms with van der Waals surface area (Å²) in [6.45, 7) is 15.3. The maximum absolute atomic E-state index is 11.9. The molecule has 0 saturated heterocycles. The van der Waals surface area contributed by atoms with Crippen molar-refractivity contribution in [2.45, 2.75) is 54.9 Å². The molecule has 0 amide bonds. The summed E-state index contributed by atoms with van der Waals surface area (Å²) in [5, 5.41) is 0. The molecule has 0 aliphatic rings. The minimum Gasteiger partial charge on any atom is -0.215 e. The number of nitrogens with one attached hydrogen (secondary N) is 1. The molecule has 0 atom stereocenters. The van der Waals surface area contributed by atoms with Gasteiger partial charge in [0.15, 0.2) is 0 Å². The van der Waals surface area contributed by atoms with Crippen LogP contribution < -0.4 is 4.72 Å². The molecule has 0 aromatic rings. The van der Waals surface area contributed by atoms with E-state index in [1.54, 1.807) is 0 Å². The van der Waals surface area contributed by atoms with Gasteiger partial charge in [-0.05, 0) is 29.6 Å². The number of hydrogen-bond donors (Lipinski definition) is 1. The normalized spacial score (nSPS) is 13.9. The third kappa shape index (κ3) is 8.09. The van der Waals surface area contributed by atoms with Crippen LogP contribution in [-0.2, 0) is 10.0 Å². The Kier molecular flexibility index (Phi) is 6.86. The van der Waals surface area contributed by atoms with Crippen molar-refractivity contribution in [3.8, 4) is 0 Å². The molecule has 0 unspecified atom stereocenters. The highest BCUT2D eigenvalue weighted by molar-refractivity contribution is 7.89. The smallest absolute Gasteiger partial charge is 0.211 e. The Labute approximate surface area is 114 Å². The van der Waals surface area contributed by atoms with Gasteiger partial charge in [-0.15, -0.1) is 0 Å². The summed E-state index contributed by atoms with van der Waals surface area (Å²) in [5.41, 5.74) is 0.0598. The van der Waals surface area contributed by atoms with Crippen molar-refractivity contribution in [3.63, 3.8) is 0 Å². The van der Waals surface area contributed by atoms with E-state index in [1.807, 2.05) is 0 Å². The first kappa shape index (κ1) is 17.9. The first-order valence-electron chi connectivity index (χ1n) is 6.92. The number of hydrogen-bond acceptors (Lipinski definition) is 2. The lowest BCUT2D eigenvalue weighted by Crippen LogP contribution is -2.35. The van der Waals surface area contributed by atoms with Gasteiger partial charge >= 0.3 is 0 Å². The highest BCUT2D eigenvalue weighted by Gasteiger charge is 2.21. The molecule has 0 rings (SSSR count). The molecule has 0 spiro atoms. The van der Waals surface area contributed by atoms with Gasteiger partial charge in [0, 0.05) is 6.54 Å². The fraction of sp³-hybridized carbons (Fsp3) is 1.00. The largest absolute Gasteiger partial charge is 0.215 e. The van der Waals surface area contributed by atoms with E-state index >= 15 is 0 Å². The highest BCUT2D eigenvalue weighted by Crippen LogP contribution is 2.21. The Bertz CT molecular complexity index is 318. The van der Waals surface area contributed by atoms with Gasteiger partial charge < -0.3 is 0 Å². The van der Waals surface area contributed by atoms with Gasteiger partial charge in [-0.1, -0.05) is 48.5 Å². The Morgan fingerprint density at radius 2 is 1.44 bits per heavy atom. The van der Waals surface area contributed by atoms with Crippen LogP contribution in [0.1, 0.15) is 54.9 Å². The number of sulfonamides is 1. The van der Waals surface area contributed by atoms with Gasteiger partial charge in [-0.25, -0.2) is 13.1 Å². The van der Waals surface area contributed by atoms with Gasteiger partial charge in [0.1, 0.15) is 0 Å². The van der Waals surface area contributed by atoms with Crippen LogP contribution >= 0.6 is 0 Å². The first-order valence-corrected chi connectivity index (χ1v) is 8.57. The van der Waals surface area contributed by atoms with E-state index in [-0.39, 0.29) is 11.2 Å². The van der Waals surface area contributed by atoms with E-state index in [2.05, 4.69) is 53.2 Å². The molecule has 0 radical (unpaired) electrons. The Morgan fingerprint density at radius 1 is 1.00 bits per heavy atom. The third-order valence-corrected chi connectivity index (χ3v) is 4.72. The van der Waals surface area contributed by atoms with Gasteiger partial charge in [-0.3, -0.25) is 0 Å². The lowest BCUT2D eigenvalue weighted by atomic mass is 9.86. The van der Waals surface area contributed by atoms with Crippen LogP contribution in [0, 0.1) is 23.2 Å². The van der Waals surface area contributed by atoms with E-state index in [0.717, 1.165) is 0 Å². The zero-order valence-electron chi connectivity index (χ0n) is 13.1. The van der Waals surface area contributed by atoms with Crippen LogP contribution in [0.15, 0.2) is 0 Å². The zero-order chi connectivity index (χ0) is 14.6. The van der Waals surface area contributed by atoms with Crippen molar-refractivity contribution in [3.05, 3.63) is 0 Å². The third-order valence-electron chi connectivity index (χ3n) is 3.37. The van der Waals surface area contributed by atoms with Crippen LogP contribution in [0.3, 0.4) is 0 Å². The monoisotopic (exact) mass is 277 g/mol. The van der Waals surface area contributed by atoms with Crippen LogP contribution in [0.5, 0.6) is 0 Å². The summed E-state index contributed by atoms with van der Waals surface area (Å²) < 4.78 is 26.6. The van der Waals surface area contributed by atoms with Gasteiger partial charge in [0.05, 0.1) is 5.75 Å². The summed E-state index contributed by atoms with van der Waals surface area (Å²) in [5.74, 6) is 1.61. The summed E-state index contributed by atoms with van der Waals surface area (Å²) in [6.07, 6.45) is 0.691. The fourth-order valence-electron chi connectivity index (χ4n) is 1.98. The van der Waals surface area contributed by atoms with Crippen LogP contribution in [0.2, 0.25) is 0 Å². The maximum atomic E-state index is 11.9. The van der Waals surface area contributed by atoms with Crippen molar-refractivity contribution in [2.75, 3.05) is 12.3 Å². The second-order valence-electron chi connectivity index (χ2n) is 7.13. The second-order valence-corrected chi connectivity index (χ2v) is 9.06. The summed E-state index contributed by atoms with van der Waals surface area (Å²) in [4.78, 5) is 0. The molecule has 4 heteroatoms. The van der Waals surface area contributed by atoms with E-state index in [9.17, 15) is 8.42 Å². The highest BCUT2D eigenvalue weighted by atomic mass is 32.2. The molecule has 0 aliphatic carbocycles. The fourth-order valence-corrected chi connectivity index (χ4v) is 3.45. The quantitative estimate of drug-likeness (QED) is 0.776. The molecular weight excluding hydrogens is 246 g/mol. The SMILES string of the molecule is CC(C)C(CNS(=O)(=O)CCC(C)(C)C)C(C)C. The zero-order valence-corrected chi connectivity index (χ0v) is 13.9. The minimum atomic E-state index is -3.13. The van der Waals surface area contributed by atoms with Crippen LogP contribution in [-0.4, -0.2) is 20.7 Å². The molecular formula is C14H31NO2S. The van der Waals surface area contributed by atoms with E-state index in [1.165, 1.54) is 0 Å². The molecule has 1 N–H and O–H groups in total. The lowest BCUT2D eigenvalue weighted by molar-refractivity contribution is 0.288. The first-order chi connectivity index (χ1) is 7.94. The topological polar surface area (TPSA) is 46.2 Å². The van der Waals surface area contributed by atoms with Crippen LogP contribution in [0.4, 0.5) is 0 Å². The van der Waals surface area contributed by atoms with Crippen molar-refractivity contribution in [1.29, 1.82) is 0 Å². The Morgan fingerprint density at radius 3 is 1.78 bits per heavy atom. The molecule has 110 valence electrons. The molecule has 0 fully saturated rings. The number of rotatable bonds is 7. The van der Waals surface area contributed by atoms with Gasteiger partial charge in [0.2, 0.25) is 10.0 Å². The predicted molar refractivity (Wildman–Crippen MR) is 79.0 cm³/mol. The maximum Gasteiger partial charge on any atom is 0.211 e. The van der Waals surface area contributed by atoms with Crippen molar-refractivity contribution < 1.29 is 8.42 Å². The van der Waals surface area contributed by atoms with Crippen molar-refractivity contribution in [1.82, 2.24) is 4.72 Å². The van der Waals surface area contributed by atoms with Gasteiger partial charge in [0.25, 0.3) is 0 Å². The molecule has 3 nitrogen and oxygen atoms in total. The molecule has 0 aromatic heterocycles. The summed E-state index contributed by atoms with van der Waals surface area (Å²) >= 11 is 0. The molecule has 0 heterocycles. The average Bonchev–Trinajstić information content (AvgIpc) is 2.12. The van der Waals surface area contributed by atoms with Crippen molar-refractivity contribution in [2.24, 2.45) is 23.2 Å². The van der Waals surface area contributed by atoms with Gasteiger partial charge in [-0.2, -0.15) is 0 Å². The molecule has 0 aliphatic heterocycles. The molecule has 0 saturated carbocycles. The Hall–Kier alpha value is -0.0900.